The van der Waals surface area contributed by atoms with Crippen molar-refractivity contribution in [2.45, 2.75) is 26.9 Å². The second-order valence-electron chi connectivity index (χ2n) is 7.45. The highest BCUT2D eigenvalue weighted by molar-refractivity contribution is 5.96. The van der Waals surface area contributed by atoms with E-state index in [-0.39, 0.29) is 11.8 Å². The predicted molar refractivity (Wildman–Crippen MR) is 121 cm³/mol. The van der Waals surface area contributed by atoms with E-state index in [9.17, 15) is 9.59 Å². The second-order valence-corrected chi connectivity index (χ2v) is 7.45. The maximum absolute atomic E-state index is 12.9. The van der Waals surface area contributed by atoms with E-state index in [0.717, 1.165) is 22.8 Å². The van der Waals surface area contributed by atoms with Gasteiger partial charge in [0.1, 0.15) is 11.6 Å². The summed E-state index contributed by atoms with van der Waals surface area (Å²) in [5.74, 6) is 1.08. The normalized spacial score (nSPS) is 10.7. The van der Waals surface area contributed by atoms with Crippen LogP contribution >= 0.6 is 0 Å². The Morgan fingerprint density at radius 1 is 0.938 bits per heavy atom. The summed E-state index contributed by atoms with van der Waals surface area (Å²) in [6.45, 7) is 4.48. The average molecular weight is 428 g/mol. The van der Waals surface area contributed by atoms with Gasteiger partial charge in [-0.3, -0.25) is 9.59 Å². The number of rotatable bonds is 7. The van der Waals surface area contributed by atoms with E-state index in [1.54, 1.807) is 42.8 Å². The summed E-state index contributed by atoms with van der Waals surface area (Å²) in [5.41, 5.74) is 3.71. The number of nitrogens with one attached hydrogen (secondary N) is 2. The smallest absolute Gasteiger partial charge is 0.253 e. The third-order valence-electron chi connectivity index (χ3n) is 5.20. The Kier molecular flexibility index (Phi) is 6.17. The van der Waals surface area contributed by atoms with Crippen LogP contribution in [0.2, 0.25) is 0 Å². The number of hydrogen-bond acceptors (Lipinski definition) is 4. The summed E-state index contributed by atoms with van der Waals surface area (Å²) in [4.78, 5) is 29.7. The Hall–Kier alpha value is -4.13. The minimum atomic E-state index is -0.200. The molecule has 0 aliphatic rings. The molecule has 7 heteroatoms. The highest BCUT2D eigenvalue weighted by Crippen LogP contribution is 2.19. The number of aryl methyl sites for hydroxylation is 1. The number of aromatic nitrogens is 2. The molecule has 4 rings (SSSR count). The lowest BCUT2D eigenvalue weighted by atomic mass is 10.1. The van der Waals surface area contributed by atoms with Crippen LogP contribution in [0.25, 0.3) is 5.82 Å². The van der Waals surface area contributed by atoms with Gasteiger partial charge >= 0.3 is 0 Å². The van der Waals surface area contributed by atoms with Crippen LogP contribution in [0.3, 0.4) is 0 Å². The lowest BCUT2D eigenvalue weighted by Crippen LogP contribution is -2.24. The number of pyridine rings is 1. The van der Waals surface area contributed by atoms with Crippen molar-refractivity contribution in [1.29, 1.82) is 0 Å². The number of benzene rings is 1. The predicted octanol–water partition coefficient (Wildman–Crippen LogP) is 3.94. The lowest BCUT2D eigenvalue weighted by molar-refractivity contribution is 0.0943. The highest BCUT2D eigenvalue weighted by atomic mass is 16.3. The van der Waals surface area contributed by atoms with Crippen molar-refractivity contribution in [2.24, 2.45) is 0 Å². The van der Waals surface area contributed by atoms with Crippen LogP contribution in [0.4, 0.5) is 0 Å². The highest BCUT2D eigenvalue weighted by Gasteiger charge is 2.17. The van der Waals surface area contributed by atoms with Crippen LogP contribution in [0.5, 0.6) is 0 Å². The first-order valence-electron chi connectivity index (χ1n) is 10.3. The monoisotopic (exact) mass is 428 g/mol. The van der Waals surface area contributed by atoms with Gasteiger partial charge in [0.2, 0.25) is 0 Å². The first kappa shape index (κ1) is 21.1. The number of amides is 2. The van der Waals surface area contributed by atoms with Gasteiger partial charge in [-0.2, -0.15) is 0 Å². The van der Waals surface area contributed by atoms with Crippen molar-refractivity contribution < 1.29 is 14.0 Å². The van der Waals surface area contributed by atoms with Crippen molar-refractivity contribution in [3.05, 3.63) is 107 Å². The van der Waals surface area contributed by atoms with Gasteiger partial charge in [0.05, 0.1) is 18.4 Å². The Morgan fingerprint density at radius 3 is 2.53 bits per heavy atom. The first-order chi connectivity index (χ1) is 15.5. The van der Waals surface area contributed by atoms with E-state index in [4.69, 9.17) is 4.42 Å². The molecule has 0 saturated carbocycles. The van der Waals surface area contributed by atoms with Crippen molar-refractivity contribution in [3.8, 4) is 5.82 Å². The minimum Gasteiger partial charge on any atom is -0.467 e. The lowest BCUT2D eigenvalue weighted by Gasteiger charge is -2.09. The zero-order valence-electron chi connectivity index (χ0n) is 18.0. The Labute approximate surface area is 186 Å². The van der Waals surface area contributed by atoms with Crippen molar-refractivity contribution >= 4 is 11.8 Å². The van der Waals surface area contributed by atoms with Crippen molar-refractivity contribution in [2.75, 3.05) is 0 Å². The van der Waals surface area contributed by atoms with Crippen molar-refractivity contribution in [3.63, 3.8) is 0 Å². The Bertz CT molecular complexity index is 1230. The van der Waals surface area contributed by atoms with Crippen LogP contribution in [-0.2, 0) is 13.1 Å². The summed E-state index contributed by atoms with van der Waals surface area (Å²) < 4.78 is 7.19. The fourth-order valence-corrected chi connectivity index (χ4v) is 3.61. The molecule has 0 atom stereocenters. The first-order valence-corrected chi connectivity index (χ1v) is 10.3. The number of hydrogen-bond donors (Lipinski definition) is 2. The Morgan fingerprint density at radius 2 is 1.78 bits per heavy atom. The van der Waals surface area contributed by atoms with Gasteiger partial charge in [0, 0.05) is 29.7 Å². The van der Waals surface area contributed by atoms with Gasteiger partial charge in [0.15, 0.2) is 0 Å². The zero-order valence-corrected chi connectivity index (χ0v) is 18.0. The summed E-state index contributed by atoms with van der Waals surface area (Å²) >= 11 is 0. The summed E-state index contributed by atoms with van der Waals surface area (Å²) in [7, 11) is 0. The van der Waals surface area contributed by atoms with E-state index >= 15 is 0 Å². The molecular weight excluding hydrogens is 404 g/mol. The molecule has 4 aromatic rings. The molecule has 3 aromatic heterocycles. The minimum absolute atomic E-state index is 0.173. The molecule has 162 valence electrons. The summed E-state index contributed by atoms with van der Waals surface area (Å²) in [5, 5.41) is 5.77. The van der Waals surface area contributed by atoms with Gasteiger partial charge in [-0.25, -0.2) is 4.98 Å². The average Bonchev–Trinajstić information content (AvgIpc) is 3.44. The number of furan rings is 1. The van der Waals surface area contributed by atoms with Gasteiger partial charge < -0.3 is 19.6 Å². The Balaban J connectivity index is 1.41. The molecule has 0 aliphatic carbocycles. The standard InChI is InChI=1S/C25H24N4O3/c1-17-13-22(18(2)29(17)23-10-3-4-11-26-23)25(31)27-15-19-7-5-8-20(14-19)24(30)28-16-21-9-6-12-32-21/h3-14H,15-16H2,1-2H3,(H,27,31)(H,28,30). The van der Waals surface area contributed by atoms with Crippen LogP contribution in [0.1, 0.15) is 43.4 Å². The molecule has 0 saturated heterocycles. The largest absolute Gasteiger partial charge is 0.467 e. The van der Waals surface area contributed by atoms with Gasteiger partial charge in [-0.1, -0.05) is 18.2 Å². The molecule has 2 amide bonds. The second kappa shape index (κ2) is 9.34. The molecule has 0 aliphatic heterocycles. The third-order valence-corrected chi connectivity index (χ3v) is 5.20. The number of carbonyl (C=O) groups excluding carboxylic acids is 2. The van der Waals surface area contributed by atoms with Gasteiger partial charge in [-0.15, -0.1) is 0 Å². The van der Waals surface area contributed by atoms with E-state index in [2.05, 4.69) is 15.6 Å². The molecule has 7 nitrogen and oxygen atoms in total. The topological polar surface area (TPSA) is 89.2 Å². The van der Waals surface area contributed by atoms with Gasteiger partial charge in [0.25, 0.3) is 11.8 Å². The van der Waals surface area contributed by atoms with Crippen molar-refractivity contribution in [1.82, 2.24) is 20.2 Å². The molecule has 0 spiro atoms. The van der Waals surface area contributed by atoms with Crippen LogP contribution in [-0.4, -0.2) is 21.4 Å². The van der Waals surface area contributed by atoms with Crippen LogP contribution in [0.15, 0.2) is 77.5 Å². The molecule has 0 bridgehead atoms. The van der Waals surface area contributed by atoms with E-state index < -0.39 is 0 Å². The molecular formula is C25H24N4O3. The quantitative estimate of drug-likeness (QED) is 0.467. The molecule has 0 fully saturated rings. The van der Waals surface area contributed by atoms with E-state index in [0.29, 0.717) is 30.0 Å². The number of carbonyl (C=O) groups is 2. The SMILES string of the molecule is Cc1cc(C(=O)NCc2cccc(C(=O)NCc3ccco3)c2)c(C)n1-c1ccccn1. The summed E-state index contributed by atoms with van der Waals surface area (Å²) in [6, 6.07) is 18.3. The molecule has 0 radical (unpaired) electrons. The summed E-state index contributed by atoms with van der Waals surface area (Å²) in [6.07, 6.45) is 3.30. The van der Waals surface area contributed by atoms with Crippen LogP contribution < -0.4 is 10.6 Å². The van der Waals surface area contributed by atoms with E-state index in [1.165, 1.54) is 0 Å². The maximum atomic E-state index is 12.9. The third kappa shape index (κ3) is 4.62. The molecule has 0 unspecified atom stereocenters. The zero-order chi connectivity index (χ0) is 22.5. The number of nitrogens with zero attached hydrogens (tertiary/aromatic N) is 2. The maximum Gasteiger partial charge on any atom is 0.253 e. The molecule has 32 heavy (non-hydrogen) atoms. The van der Waals surface area contributed by atoms with Crippen LogP contribution in [0, 0.1) is 13.8 Å². The fraction of sp³-hybridized carbons (Fsp3) is 0.160. The van der Waals surface area contributed by atoms with Gasteiger partial charge in [-0.05, 0) is 61.9 Å². The molecule has 3 heterocycles. The van der Waals surface area contributed by atoms with E-state index in [1.807, 2.05) is 48.7 Å². The fourth-order valence-electron chi connectivity index (χ4n) is 3.61. The molecule has 1 aromatic carbocycles. The molecule has 2 N–H and O–H groups in total.